The average molecular weight is 329 g/mol. The zero-order valence-electron chi connectivity index (χ0n) is 14.7. The monoisotopic (exact) mass is 329 g/mol. The van der Waals surface area contributed by atoms with Gasteiger partial charge < -0.3 is 14.8 Å². The number of hydrogen-bond acceptors (Lipinski definition) is 4. The lowest BCUT2D eigenvalue weighted by atomic mass is 9.92. The third-order valence-electron chi connectivity index (χ3n) is 5.12. The molecular weight excluding hydrogens is 302 g/mol. The van der Waals surface area contributed by atoms with Crippen molar-refractivity contribution >= 4 is 22.8 Å². The molecule has 0 spiro atoms. The molecule has 24 heavy (non-hydrogen) atoms. The number of carbonyl (C=O) groups excluding carboxylic acids is 1. The first-order valence-electron chi connectivity index (χ1n) is 9.03. The molecule has 1 saturated heterocycles. The zero-order valence-corrected chi connectivity index (χ0v) is 14.7. The first-order valence-corrected chi connectivity index (χ1v) is 9.03. The van der Waals surface area contributed by atoms with Gasteiger partial charge in [-0.2, -0.15) is 0 Å². The van der Waals surface area contributed by atoms with Crippen LogP contribution < -0.4 is 4.90 Å². The maximum absolute atomic E-state index is 12.1. The van der Waals surface area contributed by atoms with Crippen molar-refractivity contribution in [3.63, 3.8) is 0 Å². The standard InChI is InChI=1S/C18H27N5O/c1-3-22(4-2)16(24)6-5-14-8-11-23(12-9-14)18-17-15(7-10-19-18)20-13-21-17/h7,10,13-14H,3-6,8-9,11-12H2,1-2H3,(H,20,21). The highest BCUT2D eigenvalue weighted by Gasteiger charge is 2.23. The zero-order chi connectivity index (χ0) is 16.9. The van der Waals surface area contributed by atoms with Crippen molar-refractivity contribution in [2.75, 3.05) is 31.1 Å². The number of rotatable bonds is 6. The van der Waals surface area contributed by atoms with Crippen LogP contribution in [0, 0.1) is 5.92 Å². The van der Waals surface area contributed by atoms with Crippen molar-refractivity contribution in [2.24, 2.45) is 5.92 Å². The van der Waals surface area contributed by atoms with Gasteiger partial charge in [0.2, 0.25) is 5.91 Å². The molecule has 1 N–H and O–H groups in total. The van der Waals surface area contributed by atoms with E-state index < -0.39 is 0 Å². The summed E-state index contributed by atoms with van der Waals surface area (Å²) in [6, 6.07) is 1.96. The van der Waals surface area contributed by atoms with Gasteiger partial charge in [-0.3, -0.25) is 4.79 Å². The summed E-state index contributed by atoms with van der Waals surface area (Å²) in [6.07, 6.45) is 7.48. The van der Waals surface area contributed by atoms with Crippen LogP contribution in [0.1, 0.15) is 39.5 Å². The molecule has 0 bridgehead atoms. The second kappa shape index (κ2) is 7.64. The normalized spacial score (nSPS) is 15.8. The van der Waals surface area contributed by atoms with E-state index in [-0.39, 0.29) is 0 Å². The molecule has 3 heterocycles. The van der Waals surface area contributed by atoms with Gasteiger partial charge in [0.15, 0.2) is 5.82 Å². The molecule has 0 atom stereocenters. The van der Waals surface area contributed by atoms with Crippen LogP contribution in [-0.4, -0.2) is 51.9 Å². The third-order valence-corrected chi connectivity index (χ3v) is 5.12. The van der Waals surface area contributed by atoms with Gasteiger partial charge >= 0.3 is 0 Å². The van der Waals surface area contributed by atoms with E-state index in [1.807, 2.05) is 31.0 Å². The van der Waals surface area contributed by atoms with Crippen LogP contribution in [0.25, 0.3) is 11.0 Å². The molecule has 0 saturated carbocycles. The summed E-state index contributed by atoms with van der Waals surface area (Å²) < 4.78 is 0. The lowest BCUT2D eigenvalue weighted by molar-refractivity contribution is -0.131. The van der Waals surface area contributed by atoms with Crippen molar-refractivity contribution in [1.82, 2.24) is 19.9 Å². The minimum absolute atomic E-state index is 0.297. The van der Waals surface area contributed by atoms with Crippen molar-refractivity contribution < 1.29 is 4.79 Å². The molecule has 0 unspecified atom stereocenters. The highest BCUT2D eigenvalue weighted by Crippen LogP contribution is 2.28. The molecule has 0 radical (unpaired) electrons. The fourth-order valence-corrected chi connectivity index (χ4v) is 3.58. The number of nitrogens with one attached hydrogen (secondary N) is 1. The van der Waals surface area contributed by atoms with Crippen LogP contribution in [0.15, 0.2) is 18.6 Å². The molecule has 1 amide bonds. The van der Waals surface area contributed by atoms with Gasteiger partial charge in [0.1, 0.15) is 5.52 Å². The minimum Gasteiger partial charge on any atom is -0.355 e. The number of nitrogens with zero attached hydrogens (tertiary/aromatic N) is 4. The molecule has 1 fully saturated rings. The van der Waals surface area contributed by atoms with Crippen molar-refractivity contribution in [3.05, 3.63) is 18.6 Å². The first kappa shape index (κ1) is 16.7. The summed E-state index contributed by atoms with van der Waals surface area (Å²) in [4.78, 5) is 28.5. The SMILES string of the molecule is CCN(CC)C(=O)CCC1CCN(c2nccc3[nH]cnc23)CC1. The fourth-order valence-electron chi connectivity index (χ4n) is 3.58. The largest absolute Gasteiger partial charge is 0.355 e. The van der Waals surface area contributed by atoms with E-state index in [0.717, 1.165) is 62.3 Å². The Kier molecular flexibility index (Phi) is 5.33. The van der Waals surface area contributed by atoms with Crippen LogP contribution in [0.5, 0.6) is 0 Å². The Bertz CT molecular complexity index is 671. The molecule has 1 aliphatic rings. The Hall–Kier alpha value is -2.11. The van der Waals surface area contributed by atoms with Gasteiger partial charge in [-0.25, -0.2) is 9.97 Å². The molecule has 6 heteroatoms. The summed E-state index contributed by atoms with van der Waals surface area (Å²) in [6.45, 7) is 7.69. The van der Waals surface area contributed by atoms with E-state index in [0.29, 0.717) is 18.2 Å². The molecule has 0 aliphatic carbocycles. The first-order chi connectivity index (χ1) is 11.7. The Morgan fingerprint density at radius 2 is 2.04 bits per heavy atom. The van der Waals surface area contributed by atoms with E-state index in [9.17, 15) is 4.79 Å². The van der Waals surface area contributed by atoms with Gasteiger partial charge in [0, 0.05) is 38.8 Å². The van der Waals surface area contributed by atoms with E-state index in [1.165, 1.54) is 0 Å². The molecule has 2 aromatic heterocycles. The predicted molar refractivity (Wildman–Crippen MR) is 96.0 cm³/mol. The summed E-state index contributed by atoms with van der Waals surface area (Å²) in [5.41, 5.74) is 1.99. The Morgan fingerprint density at radius 1 is 1.29 bits per heavy atom. The highest BCUT2D eigenvalue weighted by atomic mass is 16.2. The predicted octanol–water partition coefficient (Wildman–Crippen LogP) is 2.82. The number of H-pyrrole nitrogens is 1. The van der Waals surface area contributed by atoms with Gasteiger partial charge in [-0.1, -0.05) is 0 Å². The number of carbonyl (C=O) groups is 1. The number of anilines is 1. The number of aromatic nitrogens is 3. The second-order valence-corrected chi connectivity index (χ2v) is 6.47. The van der Waals surface area contributed by atoms with Crippen LogP contribution >= 0.6 is 0 Å². The maximum atomic E-state index is 12.1. The molecule has 2 aromatic rings. The Balaban J connectivity index is 1.53. The molecule has 130 valence electrons. The van der Waals surface area contributed by atoms with Crippen molar-refractivity contribution in [2.45, 2.75) is 39.5 Å². The molecule has 6 nitrogen and oxygen atoms in total. The molecule has 3 rings (SSSR count). The summed E-state index contributed by atoms with van der Waals surface area (Å²) >= 11 is 0. The number of fused-ring (bicyclic) bond motifs is 1. The maximum Gasteiger partial charge on any atom is 0.222 e. The number of hydrogen-bond donors (Lipinski definition) is 1. The summed E-state index contributed by atoms with van der Waals surface area (Å²) in [5, 5.41) is 0. The van der Waals surface area contributed by atoms with Crippen LogP contribution in [0.4, 0.5) is 5.82 Å². The number of amides is 1. The van der Waals surface area contributed by atoms with E-state index in [1.54, 1.807) is 6.33 Å². The van der Waals surface area contributed by atoms with E-state index in [4.69, 9.17) is 0 Å². The quantitative estimate of drug-likeness (QED) is 0.885. The van der Waals surface area contributed by atoms with Gasteiger partial charge in [-0.15, -0.1) is 0 Å². The number of imidazole rings is 1. The lowest BCUT2D eigenvalue weighted by Crippen LogP contribution is -2.35. The van der Waals surface area contributed by atoms with Crippen molar-refractivity contribution in [1.29, 1.82) is 0 Å². The van der Waals surface area contributed by atoms with Crippen molar-refractivity contribution in [3.8, 4) is 0 Å². The minimum atomic E-state index is 0.297. The number of piperidine rings is 1. The summed E-state index contributed by atoms with van der Waals surface area (Å²) in [7, 11) is 0. The fraction of sp³-hybridized carbons (Fsp3) is 0.611. The number of aromatic amines is 1. The van der Waals surface area contributed by atoms with Gasteiger partial charge in [-0.05, 0) is 45.1 Å². The lowest BCUT2D eigenvalue weighted by Gasteiger charge is -2.33. The van der Waals surface area contributed by atoms with Gasteiger partial charge in [0.25, 0.3) is 0 Å². The van der Waals surface area contributed by atoms with Gasteiger partial charge in [0.05, 0.1) is 11.8 Å². The molecular formula is C18H27N5O. The van der Waals surface area contributed by atoms with E-state index in [2.05, 4.69) is 19.9 Å². The average Bonchev–Trinajstić information content (AvgIpc) is 3.10. The summed E-state index contributed by atoms with van der Waals surface area (Å²) in [5.74, 6) is 1.91. The Labute approximate surface area is 143 Å². The second-order valence-electron chi connectivity index (χ2n) is 6.47. The smallest absolute Gasteiger partial charge is 0.222 e. The Morgan fingerprint density at radius 3 is 2.75 bits per heavy atom. The van der Waals surface area contributed by atoms with Crippen LogP contribution in [0.2, 0.25) is 0 Å². The van der Waals surface area contributed by atoms with Crippen LogP contribution in [-0.2, 0) is 4.79 Å². The molecule has 1 aliphatic heterocycles. The number of pyridine rings is 1. The highest BCUT2D eigenvalue weighted by molar-refractivity contribution is 5.85. The third kappa shape index (κ3) is 3.52. The van der Waals surface area contributed by atoms with E-state index >= 15 is 0 Å². The van der Waals surface area contributed by atoms with Crippen LogP contribution in [0.3, 0.4) is 0 Å². The molecule has 0 aromatic carbocycles. The topological polar surface area (TPSA) is 65.1 Å².